The molecule has 1 aliphatic carbocycles. The van der Waals surface area contributed by atoms with Crippen molar-refractivity contribution < 1.29 is 19.7 Å². The van der Waals surface area contributed by atoms with Gasteiger partial charge < -0.3 is 14.9 Å². The molecule has 0 spiro atoms. The summed E-state index contributed by atoms with van der Waals surface area (Å²) in [4.78, 5) is 11.0. The molecule has 25 heavy (non-hydrogen) atoms. The van der Waals surface area contributed by atoms with E-state index < -0.39 is 0 Å². The highest BCUT2D eigenvalue weighted by Gasteiger charge is 2.19. The molecule has 1 rings (SSSR count). The standard InChI is InChI=1S/C21H36O4/c1-3-4-6-9-19(22)15-13-17-12-14-18(16-17)20(23)10-7-5-8-11-21(24)25-2/h13,15-17,19-20,22-23H,3-12,14H2,1-2H3. The normalized spacial score (nSPS) is 19.8. The van der Waals surface area contributed by atoms with Gasteiger partial charge in [0.05, 0.1) is 19.3 Å². The van der Waals surface area contributed by atoms with E-state index in [1.807, 2.05) is 6.08 Å². The van der Waals surface area contributed by atoms with E-state index in [4.69, 9.17) is 0 Å². The highest BCUT2D eigenvalue weighted by atomic mass is 16.5. The van der Waals surface area contributed by atoms with E-state index in [1.54, 1.807) is 0 Å². The number of methoxy groups -OCH3 is 1. The first-order valence-electron chi connectivity index (χ1n) is 9.88. The fourth-order valence-electron chi connectivity index (χ4n) is 3.25. The molecule has 0 aromatic carbocycles. The van der Waals surface area contributed by atoms with Crippen LogP contribution in [0.1, 0.15) is 77.6 Å². The number of esters is 1. The predicted molar refractivity (Wildman–Crippen MR) is 101 cm³/mol. The number of aliphatic hydroxyl groups excluding tert-OH is 2. The van der Waals surface area contributed by atoms with Crippen molar-refractivity contribution in [3.05, 3.63) is 23.8 Å². The highest BCUT2D eigenvalue weighted by Crippen LogP contribution is 2.29. The minimum absolute atomic E-state index is 0.162. The van der Waals surface area contributed by atoms with E-state index in [2.05, 4.69) is 23.8 Å². The molecular weight excluding hydrogens is 316 g/mol. The van der Waals surface area contributed by atoms with Crippen molar-refractivity contribution in [1.82, 2.24) is 0 Å². The van der Waals surface area contributed by atoms with E-state index in [1.165, 1.54) is 20.0 Å². The van der Waals surface area contributed by atoms with Crippen LogP contribution in [0.5, 0.6) is 0 Å². The summed E-state index contributed by atoms with van der Waals surface area (Å²) in [5.41, 5.74) is 1.13. The van der Waals surface area contributed by atoms with Crippen molar-refractivity contribution in [2.75, 3.05) is 7.11 Å². The molecule has 144 valence electrons. The average Bonchev–Trinajstić information content (AvgIpc) is 3.08. The van der Waals surface area contributed by atoms with Crippen molar-refractivity contribution >= 4 is 5.97 Å². The lowest BCUT2D eigenvalue weighted by molar-refractivity contribution is -0.140. The number of allylic oxidation sites excluding steroid dienone is 2. The summed E-state index contributed by atoms with van der Waals surface area (Å²) >= 11 is 0. The minimum Gasteiger partial charge on any atom is -0.469 e. The van der Waals surface area contributed by atoms with Crippen LogP contribution in [0.3, 0.4) is 0 Å². The molecule has 0 aliphatic heterocycles. The Labute approximate surface area is 153 Å². The van der Waals surface area contributed by atoms with Crippen molar-refractivity contribution in [2.24, 2.45) is 5.92 Å². The fraction of sp³-hybridized carbons (Fsp3) is 0.762. The number of carbonyl (C=O) groups excluding carboxylic acids is 1. The Morgan fingerprint density at radius 3 is 2.72 bits per heavy atom. The van der Waals surface area contributed by atoms with Crippen LogP contribution in [-0.2, 0) is 9.53 Å². The van der Waals surface area contributed by atoms with Crippen LogP contribution in [0.25, 0.3) is 0 Å². The van der Waals surface area contributed by atoms with Gasteiger partial charge in [-0.15, -0.1) is 0 Å². The quantitative estimate of drug-likeness (QED) is 0.294. The molecule has 0 bridgehead atoms. The third-order valence-electron chi connectivity index (χ3n) is 4.89. The smallest absolute Gasteiger partial charge is 0.305 e. The van der Waals surface area contributed by atoms with E-state index >= 15 is 0 Å². The Balaban J connectivity index is 2.23. The average molecular weight is 353 g/mol. The molecule has 3 atom stereocenters. The number of hydrogen-bond donors (Lipinski definition) is 2. The lowest BCUT2D eigenvalue weighted by Gasteiger charge is -2.11. The number of ether oxygens (including phenoxy) is 1. The van der Waals surface area contributed by atoms with Crippen LogP contribution in [0.4, 0.5) is 0 Å². The molecule has 2 N–H and O–H groups in total. The van der Waals surface area contributed by atoms with E-state index in [0.717, 1.165) is 56.9 Å². The zero-order chi connectivity index (χ0) is 18.5. The second kappa shape index (κ2) is 13.1. The van der Waals surface area contributed by atoms with Gasteiger partial charge in [-0.05, 0) is 43.6 Å². The summed E-state index contributed by atoms with van der Waals surface area (Å²) in [6.07, 6.45) is 15.6. The van der Waals surface area contributed by atoms with Crippen LogP contribution >= 0.6 is 0 Å². The van der Waals surface area contributed by atoms with Crippen molar-refractivity contribution in [3.63, 3.8) is 0 Å². The molecule has 1 aliphatic rings. The maximum atomic E-state index is 11.0. The van der Waals surface area contributed by atoms with Crippen LogP contribution in [0, 0.1) is 5.92 Å². The highest BCUT2D eigenvalue weighted by molar-refractivity contribution is 5.68. The molecule has 0 heterocycles. The van der Waals surface area contributed by atoms with Crippen molar-refractivity contribution in [3.8, 4) is 0 Å². The molecule has 0 saturated carbocycles. The third kappa shape index (κ3) is 9.81. The van der Waals surface area contributed by atoms with E-state index in [0.29, 0.717) is 12.3 Å². The molecule has 0 fully saturated rings. The van der Waals surface area contributed by atoms with Gasteiger partial charge >= 0.3 is 5.97 Å². The molecule has 3 unspecified atom stereocenters. The van der Waals surface area contributed by atoms with Gasteiger partial charge in [0.2, 0.25) is 0 Å². The second-order valence-corrected chi connectivity index (χ2v) is 7.08. The molecule has 0 amide bonds. The summed E-state index contributed by atoms with van der Waals surface area (Å²) in [7, 11) is 1.41. The number of aliphatic hydroxyl groups is 2. The largest absolute Gasteiger partial charge is 0.469 e. The monoisotopic (exact) mass is 352 g/mol. The lowest BCUT2D eigenvalue weighted by atomic mass is 10.0. The molecule has 0 aromatic heterocycles. The Hall–Kier alpha value is -1.13. The predicted octanol–water partition coefficient (Wildman–Crippen LogP) is 4.30. The molecular formula is C21H36O4. The first kappa shape index (κ1) is 21.9. The lowest BCUT2D eigenvalue weighted by Crippen LogP contribution is -2.08. The summed E-state index contributed by atoms with van der Waals surface area (Å²) in [6, 6.07) is 0. The number of hydrogen-bond acceptors (Lipinski definition) is 4. The van der Waals surface area contributed by atoms with Gasteiger partial charge in [0, 0.05) is 6.42 Å². The Bertz CT molecular complexity index is 428. The Morgan fingerprint density at radius 2 is 2.00 bits per heavy atom. The van der Waals surface area contributed by atoms with Crippen LogP contribution in [0.15, 0.2) is 23.8 Å². The van der Waals surface area contributed by atoms with Crippen molar-refractivity contribution in [1.29, 1.82) is 0 Å². The maximum absolute atomic E-state index is 11.0. The maximum Gasteiger partial charge on any atom is 0.305 e. The van der Waals surface area contributed by atoms with Crippen LogP contribution in [-0.4, -0.2) is 35.5 Å². The van der Waals surface area contributed by atoms with Gasteiger partial charge in [0.1, 0.15) is 0 Å². The molecule has 0 saturated heterocycles. The molecule has 0 aromatic rings. The zero-order valence-electron chi connectivity index (χ0n) is 16.0. The zero-order valence-corrected chi connectivity index (χ0v) is 16.0. The van der Waals surface area contributed by atoms with E-state index in [-0.39, 0.29) is 18.2 Å². The van der Waals surface area contributed by atoms with Crippen molar-refractivity contribution in [2.45, 2.75) is 89.8 Å². The first-order valence-corrected chi connectivity index (χ1v) is 9.88. The Kier molecular flexibility index (Phi) is 11.5. The SMILES string of the molecule is CCCCCC(O)C=CC1C=C(C(O)CCCCCC(=O)OC)CC1. The van der Waals surface area contributed by atoms with Crippen LogP contribution < -0.4 is 0 Å². The number of carbonyl (C=O) groups is 1. The van der Waals surface area contributed by atoms with Crippen LogP contribution in [0.2, 0.25) is 0 Å². The number of rotatable bonds is 13. The third-order valence-corrected chi connectivity index (χ3v) is 4.89. The molecule has 4 heteroatoms. The Morgan fingerprint density at radius 1 is 1.24 bits per heavy atom. The first-order chi connectivity index (χ1) is 12.1. The van der Waals surface area contributed by atoms with Gasteiger partial charge in [-0.1, -0.05) is 57.3 Å². The summed E-state index contributed by atoms with van der Waals surface area (Å²) in [6.45, 7) is 2.16. The fourth-order valence-corrected chi connectivity index (χ4v) is 3.25. The van der Waals surface area contributed by atoms with E-state index in [9.17, 15) is 15.0 Å². The summed E-state index contributed by atoms with van der Waals surface area (Å²) in [5, 5.41) is 20.3. The second-order valence-electron chi connectivity index (χ2n) is 7.08. The van der Waals surface area contributed by atoms with Gasteiger partial charge in [0.15, 0.2) is 0 Å². The topological polar surface area (TPSA) is 66.8 Å². The van der Waals surface area contributed by atoms with Gasteiger partial charge in [0.25, 0.3) is 0 Å². The summed E-state index contributed by atoms with van der Waals surface area (Å²) in [5.74, 6) is 0.176. The molecule has 4 nitrogen and oxygen atoms in total. The number of unbranched alkanes of at least 4 members (excludes halogenated alkanes) is 4. The van der Waals surface area contributed by atoms with Gasteiger partial charge in [-0.3, -0.25) is 4.79 Å². The summed E-state index contributed by atoms with van der Waals surface area (Å²) < 4.78 is 4.62. The molecule has 0 radical (unpaired) electrons. The van der Waals surface area contributed by atoms with Gasteiger partial charge in [-0.25, -0.2) is 0 Å². The minimum atomic E-state index is -0.369. The van der Waals surface area contributed by atoms with Gasteiger partial charge in [-0.2, -0.15) is 0 Å².